The van der Waals surface area contributed by atoms with Crippen LogP contribution in [0, 0.1) is 0 Å². The molecule has 4 N–H and O–H groups in total. The summed E-state index contributed by atoms with van der Waals surface area (Å²) in [6.45, 7) is 5.44. The molecule has 1 aromatic rings. The first-order chi connectivity index (χ1) is 10.7. The largest absolute Gasteiger partial charge is 0.494 e. The Morgan fingerprint density at radius 2 is 1.96 bits per heavy atom. The fraction of sp³-hybridized carbons (Fsp3) is 0.467. The van der Waals surface area contributed by atoms with Crippen molar-refractivity contribution in [3.8, 4) is 5.75 Å². The van der Waals surface area contributed by atoms with Crippen LogP contribution in [-0.4, -0.2) is 41.9 Å². The Bertz CT molecular complexity index is 613. The second-order valence-corrected chi connectivity index (χ2v) is 5.55. The third kappa shape index (κ3) is 5.03. The Labute approximate surface area is 134 Å². The number of aromatic nitrogens is 1. The molecule has 8 nitrogen and oxygen atoms in total. The molecule has 0 saturated carbocycles. The van der Waals surface area contributed by atoms with Crippen LogP contribution >= 0.6 is 0 Å². The number of hydrogen-bond acceptors (Lipinski definition) is 6. The minimum atomic E-state index is -0.738. The summed E-state index contributed by atoms with van der Waals surface area (Å²) in [5, 5.41) is 4.93. The van der Waals surface area contributed by atoms with Gasteiger partial charge in [-0.2, -0.15) is 0 Å². The van der Waals surface area contributed by atoms with Gasteiger partial charge in [0.05, 0.1) is 19.2 Å². The Balaban J connectivity index is 3.02. The minimum absolute atomic E-state index is 0.0919. The second-order valence-electron chi connectivity index (χ2n) is 5.55. The number of amides is 3. The number of methoxy groups -OCH3 is 1. The van der Waals surface area contributed by atoms with Crippen molar-refractivity contribution in [3.63, 3.8) is 0 Å². The number of ether oxygens (including phenoxy) is 1. The molecular weight excluding hydrogens is 300 g/mol. The zero-order chi connectivity index (χ0) is 17.6. The molecule has 0 atom stereocenters. The predicted octanol–water partition coefficient (Wildman–Crippen LogP) is 0.224. The van der Waals surface area contributed by atoms with Crippen molar-refractivity contribution >= 4 is 17.7 Å². The van der Waals surface area contributed by atoms with E-state index in [9.17, 15) is 14.4 Å². The minimum Gasteiger partial charge on any atom is -0.494 e. The van der Waals surface area contributed by atoms with Gasteiger partial charge >= 0.3 is 0 Å². The van der Waals surface area contributed by atoms with Crippen molar-refractivity contribution in [2.45, 2.75) is 32.7 Å². The Morgan fingerprint density at radius 3 is 2.48 bits per heavy atom. The highest BCUT2D eigenvalue weighted by molar-refractivity contribution is 6.06. The van der Waals surface area contributed by atoms with Crippen LogP contribution in [0.4, 0.5) is 0 Å². The van der Waals surface area contributed by atoms with E-state index in [0.29, 0.717) is 0 Å². The van der Waals surface area contributed by atoms with E-state index in [1.54, 1.807) is 0 Å². The molecule has 0 aliphatic carbocycles. The van der Waals surface area contributed by atoms with Gasteiger partial charge in [-0.05, 0) is 26.3 Å². The first-order valence-electron chi connectivity index (χ1n) is 7.15. The summed E-state index contributed by atoms with van der Waals surface area (Å²) in [7, 11) is 1.34. The lowest BCUT2D eigenvalue weighted by Gasteiger charge is -2.24. The summed E-state index contributed by atoms with van der Waals surface area (Å²) in [5.74, 6) is -1.61. The number of nitrogens with one attached hydrogen (secondary N) is 2. The molecule has 0 saturated heterocycles. The Kier molecular flexibility index (Phi) is 6.20. The lowest BCUT2D eigenvalue weighted by Crippen LogP contribution is -2.42. The molecule has 0 aromatic carbocycles. The topological polar surface area (TPSA) is 123 Å². The van der Waals surface area contributed by atoms with Crippen molar-refractivity contribution in [1.82, 2.24) is 15.6 Å². The van der Waals surface area contributed by atoms with Crippen LogP contribution in [0.25, 0.3) is 0 Å². The molecule has 126 valence electrons. The van der Waals surface area contributed by atoms with Crippen molar-refractivity contribution in [2.75, 3.05) is 13.7 Å². The van der Waals surface area contributed by atoms with E-state index in [2.05, 4.69) is 15.6 Å². The van der Waals surface area contributed by atoms with Crippen LogP contribution in [0.5, 0.6) is 5.75 Å². The monoisotopic (exact) mass is 322 g/mol. The van der Waals surface area contributed by atoms with Crippen LogP contribution in [-0.2, 0) is 4.79 Å². The van der Waals surface area contributed by atoms with E-state index >= 15 is 0 Å². The summed E-state index contributed by atoms with van der Waals surface area (Å²) in [4.78, 5) is 39.2. The maximum Gasteiger partial charge on any atom is 0.280 e. The molecule has 0 aliphatic heterocycles. The first-order valence-corrected chi connectivity index (χ1v) is 7.15. The van der Waals surface area contributed by atoms with Gasteiger partial charge in [-0.1, -0.05) is 6.92 Å². The zero-order valence-corrected chi connectivity index (χ0v) is 13.7. The van der Waals surface area contributed by atoms with Gasteiger partial charge in [-0.25, -0.2) is 4.98 Å². The number of hydrogen-bond donors (Lipinski definition) is 3. The van der Waals surface area contributed by atoms with E-state index in [0.717, 1.165) is 6.42 Å². The smallest absolute Gasteiger partial charge is 0.280 e. The molecular formula is C15H22N4O4. The number of rotatable bonds is 6. The maximum atomic E-state index is 12.2. The van der Waals surface area contributed by atoms with Gasteiger partial charge in [0.2, 0.25) is 5.91 Å². The van der Waals surface area contributed by atoms with Crippen molar-refractivity contribution in [3.05, 3.63) is 23.5 Å². The van der Waals surface area contributed by atoms with Gasteiger partial charge in [0.15, 0.2) is 11.4 Å². The standard InChI is InChI=1S/C15H22N4O4/c1-5-15(2,3)19-13(21)9-6-10(23-4)12(17-8-9)14(22)18-11(20)7-16/h6,8H,5,7,16H2,1-4H3,(H,19,21)(H,18,20,22). The molecule has 1 heterocycles. The van der Waals surface area contributed by atoms with Crippen molar-refractivity contribution in [2.24, 2.45) is 5.73 Å². The van der Waals surface area contributed by atoms with E-state index < -0.39 is 11.8 Å². The number of carbonyl (C=O) groups is 3. The normalized spacial score (nSPS) is 10.8. The van der Waals surface area contributed by atoms with Gasteiger partial charge in [0.1, 0.15) is 0 Å². The quantitative estimate of drug-likeness (QED) is 0.688. The SMILES string of the molecule is CCC(C)(C)NC(=O)c1cnc(C(=O)NC(=O)CN)c(OC)c1. The lowest BCUT2D eigenvalue weighted by atomic mass is 10.0. The highest BCUT2D eigenvalue weighted by Crippen LogP contribution is 2.18. The molecule has 0 aliphatic rings. The molecule has 1 aromatic heterocycles. The van der Waals surface area contributed by atoms with Crippen LogP contribution < -0.4 is 21.1 Å². The molecule has 0 spiro atoms. The predicted molar refractivity (Wildman–Crippen MR) is 84.2 cm³/mol. The highest BCUT2D eigenvalue weighted by atomic mass is 16.5. The average molecular weight is 322 g/mol. The molecule has 1 rings (SSSR count). The molecule has 0 fully saturated rings. The van der Waals surface area contributed by atoms with Crippen LogP contribution in [0.15, 0.2) is 12.3 Å². The molecule has 8 heteroatoms. The van der Waals surface area contributed by atoms with Gasteiger partial charge in [0, 0.05) is 11.7 Å². The molecule has 0 bridgehead atoms. The van der Waals surface area contributed by atoms with Gasteiger partial charge < -0.3 is 15.8 Å². The summed E-state index contributed by atoms with van der Waals surface area (Å²) < 4.78 is 5.08. The number of pyridine rings is 1. The highest BCUT2D eigenvalue weighted by Gasteiger charge is 2.22. The molecule has 23 heavy (non-hydrogen) atoms. The number of nitrogens with zero attached hydrogens (tertiary/aromatic N) is 1. The van der Waals surface area contributed by atoms with Crippen LogP contribution in [0.1, 0.15) is 48.0 Å². The first kappa shape index (κ1) is 18.6. The van der Waals surface area contributed by atoms with E-state index in [-0.39, 0.29) is 35.0 Å². The van der Waals surface area contributed by atoms with Crippen molar-refractivity contribution in [1.29, 1.82) is 0 Å². The lowest BCUT2D eigenvalue weighted by molar-refractivity contribution is -0.118. The average Bonchev–Trinajstić information content (AvgIpc) is 2.53. The summed E-state index contributed by atoms with van der Waals surface area (Å²) >= 11 is 0. The Hall–Kier alpha value is -2.48. The second kappa shape index (κ2) is 7.68. The molecule has 3 amide bonds. The fourth-order valence-corrected chi connectivity index (χ4v) is 1.60. The van der Waals surface area contributed by atoms with Gasteiger partial charge in [-0.3, -0.25) is 19.7 Å². The van der Waals surface area contributed by atoms with E-state index in [4.69, 9.17) is 10.5 Å². The number of carbonyl (C=O) groups excluding carboxylic acids is 3. The maximum absolute atomic E-state index is 12.2. The summed E-state index contributed by atoms with van der Waals surface area (Å²) in [5.41, 5.74) is 4.93. The fourth-order valence-electron chi connectivity index (χ4n) is 1.60. The summed E-state index contributed by atoms with van der Waals surface area (Å²) in [6, 6.07) is 1.40. The van der Waals surface area contributed by atoms with E-state index in [1.165, 1.54) is 19.4 Å². The van der Waals surface area contributed by atoms with Crippen molar-refractivity contribution < 1.29 is 19.1 Å². The van der Waals surface area contributed by atoms with Gasteiger partial charge in [-0.15, -0.1) is 0 Å². The van der Waals surface area contributed by atoms with Crippen LogP contribution in [0.2, 0.25) is 0 Å². The third-order valence-corrected chi connectivity index (χ3v) is 3.32. The zero-order valence-electron chi connectivity index (χ0n) is 13.7. The number of imide groups is 1. The molecule has 0 radical (unpaired) electrons. The number of nitrogens with two attached hydrogens (primary N) is 1. The Morgan fingerprint density at radius 1 is 1.30 bits per heavy atom. The molecule has 0 unspecified atom stereocenters. The van der Waals surface area contributed by atoms with Crippen LogP contribution in [0.3, 0.4) is 0 Å². The third-order valence-electron chi connectivity index (χ3n) is 3.32. The van der Waals surface area contributed by atoms with Gasteiger partial charge in [0.25, 0.3) is 11.8 Å². The summed E-state index contributed by atoms with van der Waals surface area (Å²) in [6.07, 6.45) is 2.01. The van der Waals surface area contributed by atoms with E-state index in [1.807, 2.05) is 20.8 Å².